The monoisotopic (exact) mass is 301 g/mol. The molecule has 1 amide bonds. The molecule has 0 aliphatic rings. The van der Waals surface area contributed by atoms with Gasteiger partial charge < -0.3 is 10.4 Å². The van der Waals surface area contributed by atoms with Crippen LogP contribution in [0.4, 0.5) is 5.69 Å². The van der Waals surface area contributed by atoms with E-state index < -0.39 is 5.97 Å². The van der Waals surface area contributed by atoms with Crippen LogP contribution < -0.4 is 5.32 Å². The lowest BCUT2D eigenvalue weighted by Gasteiger charge is -2.04. The number of carbonyl (C=O) groups excluding carboxylic acids is 1. The van der Waals surface area contributed by atoms with Crippen LogP contribution in [0.1, 0.15) is 15.9 Å². The number of rotatable bonds is 4. The first kappa shape index (κ1) is 14.8. The maximum absolute atomic E-state index is 11.8. The van der Waals surface area contributed by atoms with E-state index in [0.717, 1.165) is 5.56 Å². The molecular formula is C16H12ClNO3. The molecule has 0 saturated carbocycles. The van der Waals surface area contributed by atoms with Gasteiger partial charge in [0.15, 0.2) is 0 Å². The maximum atomic E-state index is 11.8. The normalized spacial score (nSPS) is 10.5. The number of amides is 1. The van der Waals surface area contributed by atoms with Crippen LogP contribution in [-0.4, -0.2) is 17.0 Å². The lowest BCUT2D eigenvalue weighted by atomic mass is 10.2. The average molecular weight is 302 g/mol. The SMILES string of the molecule is O=C(/C=C/c1ccccc1)Nc1ccc(C(=O)O)c(Cl)c1. The van der Waals surface area contributed by atoms with Gasteiger partial charge in [0.25, 0.3) is 0 Å². The Bertz CT molecular complexity index is 696. The van der Waals surface area contributed by atoms with E-state index in [0.29, 0.717) is 5.69 Å². The summed E-state index contributed by atoms with van der Waals surface area (Å²) in [6.45, 7) is 0. The lowest BCUT2D eigenvalue weighted by molar-refractivity contribution is -0.111. The molecule has 0 aliphatic carbocycles. The smallest absolute Gasteiger partial charge is 0.337 e. The van der Waals surface area contributed by atoms with Crippen molar-refractivity contribution in [3.63, 3.8) is 0 Å². The van der Waals surface area contributed by atoms with Gasteiger partial charge in [-0.1, -0.05) is 41.9 Å². The highest BCUT2D eigenvalue weighted by atomic mass is 35.5. The van der Waals surface area contributed by atoms with E-state index in [-0.39, 0.29) is 16.5 Å². The van der Waals surface area contributed by atoms with Gasteiger partial charge >= 0.3 is 5.97 Å². The van der Waals surface area contributed by atoms with Crippen LogP contribution in [0.3, 0.4) is 0 Å². The summed E-state index contributed by atoms with van der Waals surface area (Å²) in [6.07, 6.45) is 3.08. The molecule has 2 N–H and O–H groups in total. The number of aromatic carboxylic acids is 1. The summed E-state index contributed by atoms with van der Waals surface area (Å²) in [6, 6.07) is 13.6. The summed E-state index contributed by atoms with van der Waals surface area (Å²) < 4.78 is 0. The minimum Gasteiger partial charge on any atom is -0.478 e. The fourth-order valence-electron chi connectivity index (χ4n) is 1.69. The van der Waals surface area contributed by atoms with Crippen LogP contribution in [0.2, 0.25) is 5.02 Å². The molecule has 2 aromatic carbocycles. The van der Waals surface area contributed by atoms with Gasteiger partial charge in [0.1, 0.15) is 0 Å². The first-order valence-corrected chi connectivity index (χ1v) is 6.51. The van der Waals surface area contributed by atoms with Crippen molar-refractivity contribution in [2.75, 3.05) is 5.32 Å². The molecule has 2 aromatic rings. The highest BCUT2D eigenvalue weighted by Crippen LogP contribution is 2.21. The molecule has 0 aliphatic heterocycles. The van der Waals surface area contributed by atoms with Crippen molar-refractivity contribution in [2.45, 2.75) is 0 Å². The zero-order valence-electron chi connectivity index (χ0n) is 10.9. The Morgan fingerprint density at radius 1 is 1.10 bits per heavy atom. The maximum Gasteiger partial charge on any atom is 0.337 e. The number of carboxylic acids is 1. The standard InChI is InChI=1S/C16H12ClNO3/c17-14-10-12(7-8-13(14)16(20)21)18-15(19)9-6-11-4-2-1-3-5-11/h1-10H,(H,18,19)(H,20,21)/b9-6+. The number of hydrogen-bond acceptors (Lipinski definition) is 2. The summed E-state index contributed by atoms with van der Waals surface area (Å²) in [5.41, 5.74) is 1.34. The molecule has 0 aromatic heterocycles. The summed E-state index contributed by atoms with van der Waals surface area (Å²) >= 11 is 5.83. The lowest BCUT2D eigenvalue weighted by Crippen LogP contribution is -2.08. The van der Waals surface area contributed by atoms with Gasteiger partial charge in [-0.2, -0.15) is 0 Å². The number of halogens is 1. The molecule has 5 heteroatoms. The number of anilines is 1. The fourth-order valence-corrected chi connectivity index (χ4v) is 1.95. The van der Waals surface area contributed by atoms with Gasteiger partial charge in [-0.25, -0.2) is 4.79 Å². The van der Waals surface area contributed by atoms with E-state index in [2.05, 4.69) is 5.32 Å². The molecule has 0 fully saturated rings. The van der Waals surface area contributed by atoms with Crippen LogP contribution in [0.15, 0.2) is 54.6 Å². The molecule has 0 spiro atoms. The van der Waals surface area contributed by atoms with Gasteiger partial charge in [0, 0.05) is 11.8 Å². The van der Waals surface area contributed by atoms with Crippen LogP contribution in [-0.2, 0) is 4.79 Å². The zero-order chi connectivity index (χ0) is 15.2. The second-order valence-electron chi connectivity index (χ2n) is 4.23. The third-order valence-corrected chi connectivity index (χ3v) is 3.01. The number of carboxylic acid groups (broad SMARTS) is 1. The minimum atomic E-state index is -1.11. The van der Waals surface area contributed by atoms with Gasteiger partial charge in [-0.15, -0.1) is 0 Å². The van der Waals surface area contributed by atoms with Crippen LogP contribution in [0, 0.1) is 0 Å². The van der Waals surface area contributed by atoms with Crippen LogP contribution >= 0.6 is 11.6 Å². The highest BCUT2D eigenvalue weighted by molar-refractivity contribution is 6.33. The van der Waals surface area contributed by atoms with E-state index in [1.165, 1.54) is 24.3 Å². The third-order valence-electron chi connectivity index (χ3n) is 2.69. The minimum absolute atomic E-state index is 0.00510. The van der Waals surface area contributed by atoms with Crippen molar-refractivity contribution >= 4 is 35.2 Å². The molecule has 106 valence electrons. The molecule has 2 rings (SSSR count). The Balaban J connectivity index is 2.05. The largest absolute Gasteiger partial charge is 0.478 e. The van der Waals surface area contributed by atoms with E-state index in [9.17, 15) is 9.59 Å². The second-order valence-corrected chi connectivity index (χ2v) is 4.64. The third kappa shape index (κ3) is 4.19. The molecule has 0 bridgehead atoms. The quantitative estimate of drug-likeness (QED) is 0.846. The molecular weight excluding hydrogens is 290 g/mol. The van der Waals surface area contributed by atoms with Crippen molar-refractivity contribution < 1.29 is 14.7 Å². The first-order valence-electron chi connectivity index (χ1n) is 6.13. The summed E-state index contributed by atoms with van der Waals surface area (Å²) in [7, 11) is 0. The summed E-state index contributed by atoms with van der Waals surface area (Å²) in [5, 5.41) is 11.6. The topological polar surface area (TPSA) is 66.4 Å². The van der Waals surface area contributed by atoms with Crippen molar-refractivity contribution in [3.05, 3.63) is 70.8 Å². The Morgan fingerprint density at radius 3 is 2.43 bits per heavy atom. The van der Waals surface area contributed by atoms with E-state index in [4.69, 9.17) is 16.7 Å². The molecule has 0 unspecified atom stereocenters. The number of hydrogen-bond donors (Lipinski definition) is 2. The van der Waals surface area contributed by atoms with Crippen LogP contribution in [0.5, 0.6) is 0 Å². The Morgan fingerprint density at radius 2 is 1.81 bits per heavy atom. The molecule has 0 heterocycles. The predicted octanol–water partition coefficient (Wildman–Crippen LogP) is 3.69. The Kier molecular flexibility index (Phi) is 4.74. The average Bonchev–Trinajstić information content (AvgIpc) is 2.46. The van der Waals surface area contributed by atoms with Gasteiger partial charge in [0.05, 0.1) is 10.6 Å². The summed E-state index contributed by atoms with van der Waals surface area (Å²) in [5.74, 6) is -1.43. The number of nitrogens with one attached hydrogen (secondary N) is 1. The van der Waals surface area contributed by atoms with Crippen LogP contribution in [0.25, 0.3) is 6.08 Å². The van der Waals surface area contributed by atoms with E-state index >= 15 is 0 Å². The highest BCUT2D eigenvalue weighted by Gasteiger charge is 2.09. The van der Waals surface area contributed by atoms with E-state index in [1.54, 1.807) is 6.08 Å². The van der Waals surface area contributed by atoms with Crippen molar-refractivity contribution in [1.82, 2.24) is 0 Å². The Hall–Kier alpha value is -2.59. The number of benzene rings is 2. The zero-order valence-corrected chi connectivity index (χ0v) is 11.7. The van der Waals surface area contributed by atoms with Crippen molar-refractivity contribution in [1.29, 1.82) is 0 Å². The molecule has 4 nitrogen and oxygen atoms in total. The Labute approximate surface area is 126 Å². The molecule has 0 radical (unpaired) electrons. The van der Waals surface area contributed by atoms with Gasteiger partial charge in [-0.3, -0.25) is 4.79 Å². The predicted molar refractivity (Wildman–Crippen MR) is 82.5 cm³/mol. The molecule has 0 atom stereocenters. The molecule has 21 heavy (non-hydrogen) atoms. The van der Waals surface area contributed by atoms with E-state index in [1.807, 2.05) is 30.3 Å². The van der Waals surface area contributed by atoms with Crippen molar-refractivity contribution in [2.24, 2.45) is 0 Å². The van der Waals surface area contributed by atoms with Gasteiger partial charge in [0.2, 0.25) is 5.91 Å². The molecule has 0 saturated heterocycles. The van der Waals surface area contributed by atoms with Gasteiger partial charge in [-0.05, 0) is 29.8 Å². The van der Waals surface area contributed by atoms with Crippen molar-refractivity contribution in [3.8, 4) is 0 Å². The first-order chi connectivity index (χ1) is 10.1. The summed E-state index contributed by atoms with van der Waals surface area (Å²) in [4.78, 5) is 22.6. The number of carbonyl (C=O) groups is 2. The fraction of sp³-hybridized carbons (Fsp3) is 0. The second kappa shape index (κ2) is 6.72.